The zero-order chi connectivity index (χ0) is 20.3. The molecule has 0 unspecified atom stereocenters. The van der Waals surface area contributed by atoms with Gasteiger partial charge in [-0.15, -0.1) is 0 Å². The molecule has 28 heavy (non-hydrogen) atoms. The van der Waals surface area contributed by atoms with Crippen LogP contribution in [0.5, 0.6) is 5.75 Å². The zero-order valence-corrected chi connectivity index (χ0v) is 16.6. The van der Waals surface area contributed by atoms with E-state index >= 15 is 0 Å². The Bertz CT molecular complexity index is 1040. The molecule has 0 bridgehead atoms. The van der Waals surface area contributed by atoms with Crippen molar-refractivity contribution >= 4 is 16.9 Å². The van der Waals surface area contributed by atoms with Gasteiger partial charge < -0.3 is 14.1 Å². The van der Waals surface area contributed by atoms with Crippen molar-refractivity contribution in [2.24, 2.45) is 0 Å². The molecule has 1 aromatic carbocycles. The van der Waals surface area contributed by atoms with Crippen molar-refractivity contribution in [2.45, 2.75) is 39.8 Å². The molecule has 0 aliphatic carbocycles. The lowest BCUT2D eigenvalue weighted by atomic mass is 10.1. The van der Waals surface area contributed by atoms with E-state index in [9.17, 15) is 9.59 Å². The van der Waals surface area contributed by atoms with E-state index in [1.54, 1.807) is 37.5 Å². The number of ether oxygens (including phenoxy) is 1. The van der Waals surface area contributed by atoms with E-state index in [1.807, 2.05) is 26.0 Å². The number of amides is 1. The van der Waals surface area contributed by atoms with Crippen LogP contribution in [0.15, 0.2) is 51.8 Å². The summed E-state index contributed by atoms with van der Waals surface area (Å²) in [5.41, 5.74) is 1.61. The molecular weight excluding hydrogens is 356 g/mol. The summed E-state index contributed by atoms with van der Waals surface area (Å²) in [7, 11) is 1.64. The van der Waals surface area contributed by atoms with Gasteiger partial charge in [0.1, 0.15) is 16.9 Å². The van der Waals surface area contributed by atoms with E-state index < -0.39 is 11.5 Å². The molecule has 1 amide bonds. The second-order valence-electron chi connectivity index (χ2n) is 6.99. The Balaban J connectivity index is 1.83. The predicted molar refractivity (Wildman–Crippen MR) is 108 cm³/mol. The van der Waals surface area contributed by atoms with Gasteiger partial charge in [0.25, 0.3) is 5.91 Å². The summed E-state index contributed by atoms with van der Waals surface area (Å²) in [5, 5.41) is 0.665. The van der Waals surface area contributed by atoms with Crippen molar-refractivity contribution < 1.29 is 13.9 Å². The molecule has 146 valence electrons. The van der Waals surface area contributed by atoms with E-state index in [2.05, 4.69) is 11.9 Å². The van der Waals surface area contributed by atoms with E-state index in [1.165, 1.54) is 4.90 Å². The Hall–Kier alpha value is -3.15. The Morgan fingerprint density at radius 3 is 2.64 bits per heavy atom. The van der Waals surface area contributed by atoms with Crippen LogP contribution in [0.3, 0.4) is 0 Å². The molecule has 0 fully saturated rings. The minimum Gasteiger partial charge on any atom is -0.491 e. The topological polar surface area (TPSA) is 72.6 Å². The van der Waals surface area contributed by atoms with Gasteiger partial charge in [-0.1, -0.05) is 13.0 Å². The zero-order valence-electron chi connectivity index (χ0n) is 16.6. The van der Waals surface area contributed by atoms with Gasteiger partial charge in [0.15, 0.2) is 0 Å². The van der Waals surface area contributed by atoms with Crippen LogP contribution in [-0.2, 0) is 13.0 Å². The van der Waals surface area contributed by atoms with Gasteiger partial charge in [0, 0.05) is 24.7 Å². The molecular formula is C22H24N2O4. The van der Waals surface area contributed by atoms with Crippen molar-refractivity contribution in [3.63, 3.8) is 0 Å². The van der Waals surface area contributed by atoms with Crippen LogP contribution >= 0.6 is 0 Å². The van der Waals surface area contributed by atoms with Crippen LogP contribution in [0.25, 0.3) is 11.0 Å². The fourth-order valence-electron chi connectivity index (χ4n) is 2.86. The van der Waals surface area contributed by atoms with Crippen LogP contribution in [0.4, 0.5) is 0 Å². The van der Waals surface area contributed by atoms with Crippen molar-refractivity contribution in [1.82, 2.24) is 9.88 Å². The maximum absolute atomic E-state index is 12.8. The van der Waals surface area contributed by atoms with Crippen LogP contribution in [0.2, 0.25) is 0 Å². The van der Waals surface area contributed by atoms with Gasteiger partial charge in [-0.25, -0.2) is 4.79 Å². The Morgan fingerprint density at radius 1 is 1.21 bits per heavy atom. The van der Waals surface area contributed by atoms with Crippen LogP contribution in [0, 0.1) is 0 Å². The number of hydrogen-bond donors (Lipinski definition) is 0. The number of aromatic nitrogens is 1. The smallest absolute Gasteiger partial charge is 0.349 e. The first-order valence-electron chi connectivity index (χ1n) is 9.31. The molecule has 0 atom stereocenters. The van der Waals surface area contributed by atoms with E-state index in [-0.39, 0.29) is 11.7 Å². The molecule has 2 aromatic heterocycles. The average molecular weight is 380 g/mol. The first-order valence-corrected chi connectivity index (χ1v) is 9.31. The number of hydrogen-bond acceptors (Lipinski definition) is 5. The summed E-state index contributed by atoms with van der Waals surface area (Å²) in [4.78, 5) is 31.0. The Morgan fingerprint density at radius 2 is 2.00 bits per heavy atom. The van der Waals surface area contributed by atoms with Gasteiger partial charge in [0.05, 0.1) is 18.3 Å². The maximum atomic E-state index is 12.8. The number of carbonyl (C=O) groups is 1. The third kappa shape index (κ3) is 4.39. The van der Waals surface area contributed by atoms with Crippen LogP contribution < -0.4 is 10.4 Å². The molecule has 0 spiro atoms. The Kier molecular flexibility index (Phi) is 5.78. The normalized spacial score (nSPS) is 11.0. The van der Waals surface area contributed by atoms with Crippen LogP contribution in [-0.4, -0.2) is 28.9 Å². The molecule has 6 heteroatoms. The minimum absolute atomic E-state index is 0.00212. The summed E-state index contributed by atoms with van der Waals surface area (Å²) in [5.74, 6) is 0.211. The summed E-state index contributed by atoms with van der Waals surface area (Å²) in [6, 6.07) is 10.7. The highest BCUT2D eigenvalue weighted by Gasteiger charge is 2.19. The quantitative estimate of drug-likeness (QED) is 0.608. The highest BCUT2D eigenvalue weighted by molar-refractivity contribution is 5.96. The molecule has 0 radical (unpaired) electrons. The number of aryl methyl sites for hydroxylation is 1. The fraction of sp³-hybridized carbons (Fsp3) is 0.318. The Labute approximate surface area is 163 Å². The van der Waals surface area contributed by atoms with Gasteiger partial charge in [-0.05, 0) is 50.1 Å². The predicted octanol–water partition coefficient (Wildman–Crippen LogP) is 3.81. The van der Waals surface area contributed by atoms with Gasteiger partial charge in [0.2, 0.25) is 0 Å². The summed E-state index contributed by atoms with van der Waals surface area (Å²) in [6.45, 7) is 6.20. The fourth-order valence-corrected chi connectivity index (χ4v) is 2.86. The summed E-state index contributed by atoms with van der Waals surface area (Å²) < 4.78 is 11.0. The second kappa shape index (κ2) is 8.25. The SMILES string of the molecule is CCc1ccc(CN(C)C(=O)c2cc3ccc(OC(C)C)cc3oc2=O)nc1. The molecule has 0 aliphatic rings. The van der Waals surface area contributed by atoms with Gasteiger partial charge >= 0.3 is 5.63 Å². The van der Waals surface area contributed by atoms with E-state index in [4.69, 9.17) is 9.15 Å². The summed E-state index contributed by atoms with van der Waals surface area (Å²) in [6.07, 6.45) is 2.72. The highest BCUT2D eigenvalue weighted by Crippen LogP contribution is 2.22. The monoisotopic (exact) mass is 380 g/mol. The molecule has 0 saturated carbocycles. The third-order valence-electron chi connectivity index (χ3n) is 4.35. The maximum Gasteiger partial charge on any atom is 0.349 e. The minimum atomic E-state index is -0.666. The lowest BCUT2D eigenvalue weighted by molar-refractivity contribution is 0.0779. The second-order valence-corrected chi connectivity index (χ2v) is 6.99. The lowest BCUT2D eigenvalue weighted by Crippen LogP contribution is -2.30. The number of rotatable bonds is 6. The van der Waals surface area contributed by atoms with Crippen molar-refractivity contribution in [3.05, 3.63) is 69.8 Å². The number of fused-ring (bicyclic) bond motifs is 1. The molecule has 3 aromatic rings. The number of pyridine rings is 1. The molecule has 0 aliphatic heterocycles. The number of carbonyl (C=O) groups excluding carboxylic acids is 1. The van der Waals surface area contributed by atoms with Crippen molar-refractivity contribution in [1.29, 1.82) is 0 Å². The van der Waals surface area contributed by atoms with E-state index in [0.29, 0.717) is 23.3 Å². The van der Waals surface area contributed by atoms with Crippen molar-refractivity contribution in [2.75, 3.05) is 7.05 Å². The largest absolute Gasteiger partial charge is 0.491 e. The third-order valence-corrected chi connectivity index (χ3v) is 4.35. The standard InChI is InChI=1S/C22H24N2O4/c1-5-15-6-8-17(23-12-15)13-24(4)21(25)19-10-16-7-9-18(27-14(2)3)11-20(16)28-22(19)26/h6-12,14H,5,13H2,1-4H3. The molecule has 3 rings (SSSR count). The molecule has 2 heterocycles. The number of nitrogens with zero attached hydrogens (tertiary/aromatic N) is 2. The molecule has 0 saturated heterocycles. The number of benzene rings is 1. The first-order chi connectivity index (χ1) is 13.4. The lowest BCUT2D eigenvalue weighted by Gasteiger charge is -2.16. The van der Waals surface area contributed by atoms with Crippen LogP contribution in [0.1, 0.15) is 42.4 Å². The highest BCUT2D eigenvalue weighted by atomic mass is 16.5. The molecule has 6 nitrogen and oxygen atoms in total. The van der Waals surface area contributed by atoms with Crippen molar-refractivity contribution in [3.8, 4) is 5.75 Å². The van der Waals surface area contributed by atoms with E-state index in [0.717, 1.165) is 17.7 Å². The summed E-state index contributed by atoms with van der Waals surface area (Å²) >= 11 is 0. The van der Waals surface area contributed by atoms with Gasteiger partial charge in [-0.2, -0.15) is 0 Å². The first kappa shape index (κ1) is 19.6. The van der Waals surface area contributed by atoms with Gasteiger partial charge in [-0.3, -0.25) is 9.78 Å². The molecule has 0 N–H and O–H groups in total. The average Bonchev–Trinajstić information content (AvgIpc) is 2.67.